The van der Waals surface area contributed by atoms with Crippen LogP contribution in [0.4, 0.5) is 5.69 Å². The van der Waals surface area contributed by atoms with Gasteiger partial charge in [0.1, 0.15) is 21.2 Å². The first kappa shape index (κ1) is 43.8. The van der Waals surface area contributed by atoms with Crippen LogP contribution in [0, 0.1) is 17.8 Å². The summed E-state index contributed by atoms with van der Waals surface area (Å²) in [4.78, 5) is 48.6. The van der Waals surface area contributed by atoms with Crippen molar-refractivity contribution in [2.75, 3.05) is 76.9 Å². The molecule has 6 aliphatic rings. The molecule has 3 amide bonds. The number of nitrogens with zero attached hydrogens (tertiary/aromatic N) is 6. The first-order valence-electron chi connectivity index (χ1n) is 22.2. The highest BCUT2D eigenvalue weighted by Gasteiger charge is 2.50. The fraction of sp³-hybridized carbons (Fsp3) is 0.565. The minimum absolute atomic E-state index is 0.0222. The van der Waals surface area contributed by atoms with Crippen LogP contribution in [-0.4, -0.2) is 130 Å². The Hall–Kier alpha value is -4.48. The van der Waals surface area contributed by atoms with Crippen LogP contribution in [0.3, 0.4) is 0 Å². The van der Waals surface area contributed by atoms with E-state index in [1.807, 2.05) is 24.0 Å². The largest absolute Gasteiger partial charge is 0.490 e. The van der Waals surface area contributed by atoms with Gasteiger partial charge < -0.3 is 29.1 Å². The number of hydrogen-bond donors (Lipinski definition) is 2. The summed E-state index contributed by atoms with van der Waals surface area (Å²) < 4.78 is 40.7. The van der Waals surface area contributed by atoms with Crippen LogP contribution >= 0.6 is 11.6 Å². The van der Waals surface area contributed by atoms with Crippen molar-refractivity contribution in [3.63, 3.8) is 0 Å². The molecule has 9 rings (SSSR count). The second-order valence-corrected chi connectivity index (χ2v) is 21.0. The molecule has 2 aliphatic carbocycles. The summed E-state index contributed by atoms with van der Waals surface area (Å²) in [5.41, 5.74) is 1.49. The fourth-order valence-electron chi connectivity index (χ4n) is 10.7. The van der Waals surface area contributed by atoms with Crippen molar-refractivity contribution in [2.45, 2.75) is 68.9 Å². The molecule has 3 aromatic rings. The number of aliphatic hydroxyl groups is 1. The number of benzene rings is 2. The van der Waals surface area contributed by atoms with Gasteiger partial charge in [0.15, 0.2) is 0 Å². The number of morpholine rings is 1. The van der Waals surface area contributed by atoms with E-state index in [9.17, 15) is 23.7 Å². The molecule has 338 valence electrons. The van der Waals surface area contributed by atoms with Crippen LogP contribution < -0.4 is 19.1 Å². The lowest BCUT2D eigenvalue weighted by atomic mass is 9.63. The van der Waals surface area contributed by atoms with E-state index in [4.69, 9.17) is 25.8 Å². The molecule has 63 heavy (non-hydrogen) atoms. The predicted molar refractivity (Wildman–Crippen MR) is 239 cm³/mol. The van der Waals surface area contributed by atoms with E-state index in [2.05, 4.69) is 36.1 Å². The third-order valence-electron chi connectivity index (χ3n) is 14.2. The average Bonchev–Trinajstić information content (AvgIpc) is 3.53. The molecule has 1 aromatic heterocycles. The van der Waals surface area contributed by atoms with Crippen LogP contribution in [0.25, 0.3) is 0 Å². The summed E-state index contributed by atoms with van der Waals surface area (Å²) >= 11 is 6.52. The van der Waals surface area contributed by atoms with Crippen LogP contribution in [0.1, 0.15) is 77.3 Å². The van der Waals surface area contributed by atoms with E-state index in [0.29, 0.717) is 68.9 Å². The Kier molecular flexibility index (Phi) is 12.1. The zero-order valence-electron chi connectivity index (χ0n) is 36.3. The van der Waals surface area contributed by atoms with Gasteiger partial charge in [-0.2, -0.15) is 0 Å². The van der Waals surface area contributed by atoms with Crippen molar-refractivity contribution in [3.8, 4) is 11.6 Å². The lowest BCUT2D eigenvalue weighted by Gasteiger charge is -2.50. The minimum atomic E-state index is -3.75. The van der Waals surface area contributed by atoms with E-state index in [0.717, 1.165) is 45.2 Å². The maximum atomic E-state index is 14.9. The normalized spacial score (nSPS) is 30.7. The fourth-order valence-corrected chi connectivity index (χ4v) is 12.8. The Bertz CT molecular complexity index is 2420. The van der Waals surface area contributed by atoms with Crippen molar-refractivity contribution in [1.29, 1.82) is 0 Å². The zero-order chi connectivity index (χ0) is 44.1. The van der Waals surface area contributed by atoms with E-state index in [-0.39, 0.29) is 58.9 Å². The summed E-state index contributed by atoms with van der Waals surface area (Å²) in [6.45, 7) is 7.73. The topological polar surface area (TPSA) is 168 Å². The first-order valence-corrected chi connectivity index (χ1v) is 24.3. The third kappa shape index (κ3) is 8.85. The molecular weight excluding hydrogens is 846 g/mol. The Morgan fingerprint density at radius 3 is 2.68 bits per heavy atom. The third-order valence-corrected chi connectivity index (χ3v) is 16.4. The number of allylic oxidation sites excluding steroid dienone is 1. The van der Waals surface area contributed by atoms with E-state index in [1.54, 1.807) is 31.3 Å². The summed E-state index contributed by atoms with van der Waals surface area (Å²) in [6, 6.07) is 11.6. The quantitative estimate of drug-likeness (QED) is 0.327. The Labute approximate surface area is 374 Å². The standard InChI is InChI=1S/C46H58ClN7O8S/c1-30-6-4-15-46(58,22-41(55)53-24-35(25-53)52-16-18-61-19-17-52)38-11-8-33(38)23-54-28-45(14-5-7-31-20-34(47)10-12-37(31)45)29-62-40-13-9-32(21-39(40)54)42(56)49-63(59,27-30)50-43(57)36-26-51(2)48-44(36)60-3/h4,9-10,12-13,15,20-21,26,30,33,35,38,58H,5-8,11,14,16-19,22-25,27-29H2,1-3H3,(H,49,50,56,57,59)/b15-4-/t30-,33-,38+,45-,46-,63?/m0/s1. The number of anilines is 1. The minimum Gasteiger partial charge on any atom is -0.490 e. The highest BCUT2D eigenvalue weighted by atomic mass is 35.5. The number of aryl methyl sites for hydroxylation is 2. The van der Waals surface area contributed by atoms with Gasteiger partial charge >= 0.3 is 0 Å². The molecule has 4 aliphatic heterocycles. The number of rotatable bonds is 6. The second-order valence-electron chi connectivity index (χ2n) is 18.6. The number of carbonyl (C=O) groups is 3. The van der Waals surface area contributed by atoms with Crippen LogP contribution in [-0.2, 0) is 38.3 Å². The monoisotopic (exact) mass is 903 g/mol. The number of aromatic nitrogens is 2. The zero-order valence-corrected chi connectivity index (χ0v) is 37.9. The molecule has 2 bridgehead atoms. The first-order chi connectivity index (χ1) is 30.2. The SMILES string of the molecule is COc1nn(C)cc1C(=O)NS1(=O)=NC(=O)c2ccc3c(c2)N(C[C@@H]2CC[C@H]2[C@@](O)(CC(=O)N2CC(N4CCOCC4)C2)/C=C\C[C@H](C)C1)C[C@@]1(CCCc2cc(Cl)ccc21)CO3. The van der Waals surface area contributed by atoms with Crippen molar-refractivity contribution in [3.05, 3.63) is 82.0 Å². The van der Waals surface area contributed by atoms with Crippen LogP contribution in [0.5, 0.6) is 11.6 Å². The predicted octanol–water partition coefficient (Wildman–Crippen LogP) is 4.79. The maximum Gasteiger partial charge on any atom is 0.286 e. The molecule has 1 unspecified atom stereocenters. The maximum absolute atomic E-state index is 14.9. The van der Waals surface area contributed by atoms with Gasteiger partial charge in [-0.05, 0) is 97.7 Å². The Morgan fingerprint density at radius 2 is 1.92 bits per heavy atom. The summed E-state index contributed by atoms with van der Waals surface area (Å²) in [5, 5.41) is 17.7. The molecule has 5 heterocycles. The van der Waals surface area contributed by atoms with Crippen molar-refractivity contribution >= 4 is 44.9 Å². The summed E-state index contributed by atoms with van der Waals surface area (Å²) in [7, 11) is -0.728. The number of halogens is 1. The molecule has 2 saturated heterocycles. The number of ether oxygens (including phenoxy) is 3. The smallest absolute Gasteiger partial charge is 0.286 e. The average molecular weight is 905 g/mol. The number of methoxy groups -OCH3 is 1. The van der Waals surface area contributed by atoms with Crippen molar-refractivity contribution < 1.29 is 37.9 Å². The van der Waals surface area contributed by atoms with E-state index in [1.165, 1.54) is 29.1 Å². The number of fused-ring (bicyclic) bond motifs is 4. The molecule has 17 heteroatoms. The number of likely N-dealkylation sites (tertiary alicyclic amines) is 1. The molecule has 1 saturated carbocycles. The van der Waals surface area contributed by atoms with Crippen molar-refractivity contribution in [1.82, 2.24) is 24.3 Å². The number of carbonyl (C=O) groups excluding carboxylic acids is 3. The number of amides is 3. The molecule has 1 spiro atoms. The van der Waals surface area contributed by atoms with Crippen molar-refractivity contribution in [2.24, 2.45) is 29.2 Å². The van der Waals surface area contributed by atoms with Gasteiger partial charge in [-0.3, -0.25) is 28.7 Å². The van der Waals surface area contributed by atoms with Gasteiger partial charge in [0.05, 0.1) is 50.4 Å². The van der Waals surface area contributed by atoms with Gasteiger partial charge in [-0.25, -0.2) is 4.21 Å². The molecule has 15 nitrogen and oxygen atoms in total. The molecule has 6 atom stereocenters. The van der Waals surface area contributed by atoms with E-state index < -0.39 is 32.7 Å². The van der Waals surface area contributed by atoms with Gasteiger partial charge in [-0.15, -0.1) is 9.46 Å². The Morgan fingerprint density at radius 1 is 1.11 bits per heavy atom. The highest BCUT2D eigenvalue weighted by molar-refractivity contribution is 7.92. The lowest BCUT2D eigenvalue weighted by Crippen LogP contribution is -2.63. The van der Waals surface area contributed by atoms with Crippen LogP contribution in [0.15, 0.2) is 59.1 Å². The number of hydrogen-bond acceptors (Lipinski definition) is 11. The van der Waals surface area contributed by atoms with Crippen LogP contribution in [0.2, 0.25) is 5.02 Å². The van der Waals surface area contributed by atoms with Gasteiger partial charge in [0, 0.05) is 74.6 Å². The summed E-state index contributed by atoms with van der Waals surface area (Å²) in [5.74, 6) is -1.65. The molecule has 0 radical (unpaired) electrons. The lowest BCUT2D eigenvalue weighted by molar-refractivity contribution is -0.148. The van der Waals surface area contributed by atoms with Gasteiger partial charge in [0.2, 0.25) is 11.8 Å². The second kappa shape index (κ2) is 17.5. The highest BCUT2D eigenvalue weighted by Crippen LogP contribution is 2.49. The van der Waals surface area contributed by atoms with Gasteiger partial charge in [-0.1, -0.05) is 36.7 Å². The molecule has 2 aromatic carbocycles. The number of nitrogens with one attached hydrogen (secondary N) is 1. The van der Waals surface area contributed by atoms with Gasteiger partial charge in [0.25, 0.3) is 11.8 Å². The molecular formula is C46H58ClN7O8S. The Balaban J connectivity index is 1.08. The summed E-state index contributed by atoms with van der Waals surface area (Å²) in [6.07, 6.45) is 9.73. The van der Waals surface area contributed by atoms with E-state index >= 15 is 0 Å². The molecule has 3 fully saturated rings. The molecule has 2 N–H and O–H groups in total.